The standard InChI is InChI=1S/C20H20N2O5/c1-2-9-27-18-8-7-13(10-17(18)23)11-21-12-16-14-5-3-4-6-15(14)19(24)22(26)20(16)25/h3-8,10,12,21,23,26H,2,9,11H2,1H3/b16-12+. The molecule has 0 spiro atoms. The zero-order chi connectivity index (χ0) is 19.4. The number of phenols is 1. The first-order chi connectivity index (χ1) is 13.0. The molecule has 0 fully saturated rings. The van der Waals surface area contributed by atoms with Gasteiger partial charge in [-0.2, -0.15) is 0 Å². The van der Waals surface area contributed by atoms with Crippen LogP contribution in [0.5, 0.6) is 11.5 Å². The van der Waals surface area contributed by atoms with Crippen LogP contribution < -0.4 is 10.1 Å². The average molecular weight is 368 g/mol. The summed E-state index contributed by atoms with van der Waals surface area (Å²) < 4.78 is 5.42. The summed E-state index contributed by atoms with van der Waals surface area (Å²) >= 11 is 0. The van der Waals surface area contributed by atoms with Crippen molar-refractivity contribution in [2.45, 2.75) is 19.9 Å². The quantitative estimate of drug-likeness (QED) is 0.412. The molecule has 3 rings (SSSR count). The molecule has 2 aromatic carbocycles. The smallest absolute Gasteiger partial charge is 0.286 e. The number of carbonyl (C=O) groups excluding carboxylic acids is 2. The maximum Gasteiger partial charge on any atom is 0.286 e. The van der Waals surface area contributed by atoms with Gasteiger partial charge in [0.15, 0.2) is 11.5 Å². The van der Waals surface area contributed by atoms with E-state index in [0.29, 0.717) is 24.5 Å². The number of aromatic hydroxyl groups is 1. The second kappa shape index (κ2) is 7.92. The monoisotopic (exact) mass is 368 g/mol. The van der Waals surface area contributed by atoms with Crippen molar-refractivity contribution in [2.75, 3.05) is 6.61 Å². The molecule has 0 saturated carbocycles. The van der Waals surface area contributed by atoms with Gasteiger partial charge in [-0.1, -0.05) is 31.2 Å². The number of amides is 2. The first-order valence-corrected chi connectivity index (χ1v) is 8.58. The van der Waals surface area contributed by atoms with E-state index in [9.17, 15) is 19.9 Å². The molecule has 2 aromatic rings. The third-order valence-electron chi connectivity index (χ3n) is 4.10. The molecule has 3 N–H and O–H groups in total. The molecule has 0 unspecified atom stereocenters. The summed E-state index contributed by atoms with van der Waals surface area (Å²) in [5.41, 5.74) is 1.67. The SMILES string of the molecule is CCCOc1ccc(CN/C=C2/C(=O)N(O)C(=O)c3ccccc32)cc1O. The van der Waals surface area contributed by atoms with E-state index in [1.54, 1.807) is 42.5 Å². The number of benzene rings is 2. The van der Waals surface area contributed by atoms with Gasteiger partial charge in [0.1, 0.15) is 0 Å². The van der Waals surface area contributed by atoms with Crippen molar-refractivity contribution < 1.29 is 24.6 Å². The summed E-state index contributed by atoms with van der Waals surface area (Å²) in [7, 11) is 0. The lowest BCUT2D eigenvalue weighted by Crippen LogP contribution is -2.39. The van der Waals surface area contributed by atoms with Crippen LogP contribution in [0.3, 0.4) is 0 Å². The summed E-state index contributed by atoms with van der Waals surface area (Å²) in [6, 6.07) is 11.6. The molecule has 1 aliphatic rings. The van der Waals surface area contributed by atoms with Gasteiger partial charge >= 0.3 is 0 Å². The molecule has 0 atom stereocenters. The number of nitrogens with one attached hydrogen (secondary N) is 1. The highest BCUT2D eigenvalue weighted by Gasteiger charge is 2.33. The van der Waals surface area contributed by atoms with Crippen molar-refractivity contribution in [3.8, 4) is 11.5 Å². The van der Waals surface area contributed by atoms with E-state index >= 15 is 0 Å². The van der Waals surface area contributed by atoms with E-state index < -0.39 is 11.8 Å². The first-order valence-electron chi connectivity index (χ1n) is 8.58. The van der Waals surface area contributed by atoms with Crippen molar-refractivity contribution >= 4 is 17.4 Å². The van der Waals surface area contributed by atoms with E-state index in [1.165, 1.54) is 6.20 Å². The van der Waals surface area contributed by atoms with Crippen LogP contribution in [0, 0.1) is 0 Å². The van der Waals surface area contributed by atoms with Crippen molar-refractivity contribution in [3.63, 3.8) is 0 Å². The van der Waals surface area contributed by atoms with Crippen LogP contribution in [0.1, 0.15) is 34.8 Å². The Bertz CT molecular complexity index is 907. The maximum absolute atomic E-state index is 12.2. The Morgan fingerprint density at radius 2 is 1.85 bits per heavy atom. The van der Waals surface area contributed by atoms with Gasteiger partial charge in [0.25, 0.3) is 11.8 Å². The minimum Gasteiger partial charge on any atom is -0.504 e. The summed E-state index contributed by atoms with van der Waals surface area (Å²) in [4.78, 5) is 24.2. The first kappa shape index (κ1) is 18.5. The van der Waals surface area contributed by atoms with Crippen LogP contribution in [-0.4, -0.2) is 33.8 Å². The number of hydrogen-bond donors (Lipinski definition) is 3. The molecule has 0 aromatic heterocycles. The van der Waals surface area contributed by atoms with Gasteiger partial charge in [-0.25, -0.2) is 0 Å². The van der Waals surface area contributed by atoms with Crippen LogP contribution >= 0.6 is 0 Å². The molecule has 1 heterocycles. The van der Waals surface area contributed by atoms with Gasteiger partial charge in [0.05, 0.1) is 17.7 Å². The maximum atomic E-state index is 12.2. The number of ether oxygens (including phenoxy) is 1. The highest BCUT2D eigenvalue weighted by Crippen LogP contribution is 2.28. The molecular formula is C20H20N2O5. The fraction of sp³-hybridized carbons (Fsp3) is 0.200. The van der Waals surface area contributed by atoms with Crippen LogP contribution in [0.2, 0.25) is 0 Å². The molecular weight excluding hydrogens is 348 g/mol. The van der Waals surface area contributed by atoms with Crippen LogP contribution in [0.15, 0.2) is 48.7 Å². The molecule has 0 bridgehead atoms. The lowest BCUT2D eigenvalue weighted by Gasteiger charge is -2.23. The number of imide groups is 1. The van der Waals surface area contributed by atoms with E-state index in [1.807, 2.05) is 6.92 Å². The predicted octanol–water partition coefficient (Wildman–Crippen LogP) is 2.68. The highest BCUT2D eigenvalue weighted by molar-refractivity contribution is 6.30. The second-order valence-corrected chi connectivity index (χ2v) is 6.06. The number of carbonyl (C=O) groups is 2. The molecule has 27 heavy (non-hydrogen) atoms. The Morgan fingerprint density at radius 1 is 1.11 bits per heavy atom. The molecule has 7 nitrogen and oxygen atoms in total. The largest absolute Gasteiger partial charge is 0.504 e. The average Bonchev–Trinajstić information content (AvgIpc) is 2.68. The van der Waals surface area contributed by atoms with Crippen molar-refractivity contribution in [1.29, 1.82) is 0 Å². The Morgan fingerprint density at radius 3 is 2.56 bits per heavy atom. The summed E-state index contributed by atoms with van der Waals surface area (Å²) in [5.74, 6) is -1.08. The Labute approximate surface area is 156 Å². The fourth-order valence-electron chi connectivity index (χ4n) is 2.76. The van der Waals surface area contributed by atoms with Gasteiger partial charge in [0, 0.05) is 18.3 Å². The number of hydrogen-bond acceptors (Lipinski definition) is 6. The number of hydroxylamine groups is 2. The topological polar surface area (TPSA) is 99.1 Å². The van der Waals surface area contributed by atoms with Crippen molar-refractivity contribution in [1.82, 2.24) is 10.4 Å². The summed E-state index contributed by atoms with van der Waals surface area (Å²) in [5, 5.41) is 22.8. The van der Waals surface area contributed by atoms with Gasteiger partial charge < -0.3 is 15.2 Å². The predicted molar refractivity (Wildman–Crippen MR) is 98.1 cm³/mol. The lowest BCUT2D eigenvalue weighted by molar-refractivity contribution is -0.147. The lowest BCUT2D eigenvalue weighted by atomic mass is 9.95. The Balaban J connectivity index is 1.76. The molecule has 1 aliphatic heterocycles. The van der Waals surface area contributed by atoms with E-state index in [2.05, 4.69) is 5.32 Å². The minimum absolute atomic E-state index is 0.0432. The van der Waals surface area contributed by atoms with E-state index in [0.717, 1.165) is 12.0 Å². The van der Waals surface area contributed by atoms with Crippen LogP contribution in [0.25, 0.3) is 5.57 Å². The third kappa shape index (κ3) is 3.78. The van der Waals surface area contributed by atoms with Crippen molar-refractivity contribution in [3.05, 3.63) is 65.4 Å². The number of phenolic OH excluding ortho intramolecular Hbond substituents is 1. The minimum atomic E-state index is -0.794. The zero-order valence-electron chi connectivity index (χ0n) is 14.8. The Kier molecular flexibility index (Phi) is 5.42. The number of fused-ring (bicyclic) bond motifs is 1. The Hall–Kier alpha value is -3.32. The zero-order valence-corrected chi connectivity index (χ0v) is 14.8. The highest BCUT2D eigenvalue weighted by atomic mass is 16.5. The van der Waals surface area contributed by atoms with Crippen LogP contribution in [0.4, 0.5) is 0 Å². The summed E-state index contributed by atoms with van der Waals surface area (Å²) in [6.45, 7) is 2.84. The van der Waals surface area contributed by atoms with Gasteiger partial charge in [0.2, 0.25) is 0 Å². The second-order valence-electron chi connectivity index (χ2n) is 6.06. The van der Waals surface area contributed by atoms with E-state index in [4.69, 9.17) is 4.74 Å². The normalized spacial score (nSPS) is 15.0. The molecule has 2 amide bonds. The third-order valence-corrected chi connectivity index (χ3v) is 4.10. The molecule has 7 heteroatoms. The van der Waals surface area contributed by atoms with Crippen LogP contribution in [-0.2, 0) is 11.3 Å². The molecule has 0 radical (unpaired) electrons. The number of rotatable bonds is 6. The molecule has 0 saturated heterocycles. The molecule has 0 aliphatic carbocycles. The number of nitrogens with zero attached hydrogens (tertiary/aromatic N) is 1. The van der Waals surface area contributed by atoms with Gasteiger partial charge in [-0.3, -0.25) is 14.8 Å². The summed E-state index contributed by atoms with van der Waals surface area (Å²) in [6.07, 6.45) is 2.30. The van der Waals surface area contributed by atoms with Gasteiger partial charge in [-0.15, -0.1) is 5.06 Å². The van der Waals surface area contributed by atoms with E-state index in [-0.39, 0.29) is 21.9 Å². The van der Waals surface area contributed by atoms with Crippen molar-refractivity contribution in [2.24, 2.45) is 0 Å². The van der Waals surface area contributed by atoms with Gasteiger partial charge in [-0.05, 0) is 30.2 Å². The fourth-order valence-corrected chi connectivity index (χ4v) is 2.76. The molecule has 140 valence electrons.